The van der Waals surface area contributed by atoms with Crippen molar-refractivity contribution in [2.45, 2.75) is 19.3 Å². The van der Waals surface area contributed by atoms with E-state index in [0.717, 1.165) is 61.0 Å². The number of aryl methyl sites for hydroxylation is 2. The second kappa shape index (κ2) is 15.5. The van der Waals surface area contributed by atoms with Crippen LogP contribution < -0.4 is 9.47 Å². The van der Waals surface area contributed by atoms with E-state index in [-0.39, 0.29) is 34.4 Å². The van der Waals surface area contributed by atoms with Gasteiger partial charge >= 0.3 is 0 Å². The fraction of sp³-hybridized carbons (Fsp3) is 0.0556. The van der Waals surface area contributed by atoms with Gasteiger partial charge in [-0.15, -0.1) is 48.2 Å². The number of rotatable bonds is 4. The molecule has 1 spiro atoms. The summed E-state index contributed by atoms with van der Waals surface area (Å²) in [4.78, 5) is 4.78. The summed E-state index contributed by atoms with van der Waals surface area (Å²) >= 11 is 0. The van der Waals surface area contributed by atoms with E-state index < -0.39 is 5.41 Å². The molecule has 0 saturated carbocycles. The topological polar surface area (TPSA) is 31.4 Å². The number of pyridine rings is 1. The monoisotopic (exact) mass is 935 g/mol. The smallest absolute Gasteiger partial charge is 0.184 e. The molecule has 1 atom stereocenters. The van der Waals surface area contributed by atoms with Crippen LogP contribution in [0.15, 0.2) is 121 Å². The van der Waals surface area contributed by atoms with E-state index in [1.807, 2.05) is 42.6 Å². The molecule has 4 heteroatoms. The minimum absolute atomic E-state index is 0. The fourth-order valence-electron chi connectivity index (χ4n) is 8.25. The quantitative estimate of drug-likeness (QED) is 0.130. The van der Waals surface area contributed by atoms with Crippen LogP contribution in [0, 0.1) is 92.3 Å². The van der Waals surface area contributed by atoms with Crippen molar-refractivity contribution in [2.24, 2.45) is 0 Å². The van der Waals surface area contributed by atoms with E-state index in [9.17, 15) is 0 Å². The molecule has 0 N–H and O–H groups in total. The van der Waals surface area contributed by atoms with Crippen molar-refractivity contribution < 1.29 is 43.8 Å². The minimum Gasteiger partial charge on any atom is -0.403 e. The summed E-state index contributed by atoms with van der Waals surface area (Å²) < 4.78 is 12.0. The van der Waals surface area contributed by atoms with Gasteiger partial charge in [0.05, 0.1) is 5.41 Å². The van der Waals surface area contributed by atoms with Gasteiger partial charge in [0.15, 0.2) is 11.5 Å². The van der Waals surface area contributed by atoms with Gasteiger partial charge in [-0.2, -0.15) is 0 Å². The third-order valence-corrected chi connectivity index (χ3v) is 10.7. The first kappa shape index (κ1) is 37.3. The maximum Gasteiger partial charge on any atom is 0.184 e. The Hall–Kier alpha value is -7.66. The molecule has 1 aromatic heterocycles. The summed E-state index contributed by atoms with van der Waals surface area (Å²) in [6, 6.07) is 44.1. The molecular formula is C54H48IrNO2-. The molecule has 6 aromatic carbocycles. The first-order chi connectivity index (χ1) is 28.0. The zero-order valence-electron chi connectivity index (χ0n) is 31.3. The van der Waals surface area contributed by atoms with Crippen molar-refractivity contribution in [3.05, 3.63) is 161 Å². The molecule has 9 rings (SSSR count). The Balaban J connectivity index is -0.00000384. The molecule has 3 nitrogen and oxygen atoms in total. The summed E-state index contributed by atoms with van der Waals surface area (Å²) in [6.45, 7) is 4.30. The molecule has 0 amide bonds. The van der Waals surface area contributed by atoms with Crippen LogP contribution in [0.3, 0.4) is 0 Å². The van der Waals surface area contributed by atoms with Crippen LogP contribution in [0.25, 0.3) is 55.4 Å². The molecule has 2 aliphatic carbocycles. The van der Waals surface area contributed by atoms with Crippen LogP contribution in [0.2, 0.25) is 0 Å². The Kier molecular flexibility index (Phi) is 9.94. The van der Waals surface area contributed by atoms with E-state index >= 15 is 0 Å². The molecular weight excluding hydrogens is 887 g/mol. The second-order valence-corrected chi connectivity index (χ2v) is 13.7. The Labute approximate surface area is 367 Å². The van der Waals surface area contributed by atoms with Crippen molar-refractivity contribution in [1.29, 1.82) is 0 Å². The Bertz CT molecular complexity index is 3260. The van der Waals surface area contributed by atoms with Gasteiger partial charge in [0.25, 0.3) is 0 Å². The average molecular weight is 935 g/mol. The molecule has 58 heavy (non-hydrogen) atoms. The zero-order chi connectivity index (χ0) is 38.9. The first-order valence-electron chi connectivity index (χ1n) is 18.2. The van der Waals surface area contributed by atoms with E-state index in [4.69, 9.17) is 27.3 Å². The SMILES string of the molecule is C#CC#CC#COc1cc2c(cc1OC#CC#CC#C)C1(c3ccccc3-c3cc(-c4cc[c-]c(-c5nccc6ccccc56)c4)ccc31)c1cc(C)c(C)cc1-2.[HH].[HH].[HH].[HH].[HH].[HH].[HH].[HH].[HH].[HH].[Ir]. The Morgan fingerprint density at radius 1 is 0.586 bits per heavy atom. The summed E-state index contributed by atoms with van der Waals surface area (Å²) in [5.74, 6) is 20.8. The van der Waals surface area contributed by atoms with Gasteiger partial charge in [-0.05, 0) is 139 Å². The van der Waals surface area contributed by atoms with Crippen LogP contribution in [-0.2, 0) is 25.5 Å². The molecule has 0 fully saturated rings. The van der Waals surface area contributed by atoms with Crippen molar-refractivity contribution in [3.63, 3.8) is 0 Å². The minimum atomic E-state index is -0.673. The fourth-order valence-corrected chi connectivity index (χ4v) is 8.25. The van der Waals surface area contributed by atoms with Gasteiger partial charge in [0.1, 0.15) is 12.2 Å². The molecule has 2 aliphatic rings. The van der Waals surface area contributed by atoms with E-state index in [1.54, 1.807) is 0 Å². The number of nitrogens with zero attached hydrogens (tertiary/aromatic N) is 1. The van der Waals surface area contributed by atoms with E-state index in [0.29, 0.717) is 11.5 Å². The number of hydrogen-bond acceptors (Lipinski definition) is 3. The average Bonchev–Trinajstić information content (AvgIpc) is 3.68. The summed E-state index contributed by atoms with van der Waals surface area (Å²) in [6.07, 6.45) is 17.8. The maximum absolute atomic E-state index is 6.06. The molecule has 1 unspecified atom stereocenters. The number of hydrogen-bond donors (Lipinski definition) is 0. The summed E-state index contributed by atoms with van der Waals surface area (Å²) in [7, 11) is 0. The van der Waals surface area contributed by atoms with Gasteiger partial charge in [-0.1, -0.05) is 72.8 Å². The molecule has 291 valence electrons. The third-order valence-electron chi connectivity index (χ3n) is 10.7. The van der Waals surface area contributed by atoms with Crippen LogP contribution in [0.5, 0.6) is 11.5 Å². The standard InChI is InChI=1S/C54H28NO2.Ir.10H2/c1-5-7-9-15-28-56-51-34-46-44-30-36(3)37(4)31-49(44)54(50(46)35-52(51)57-29-16-10-8-6-2)47-23-14-13-22-43(47)45-33-40(24-25-48(45)54)39-19-17-20-41(32-39)53-42-21-12-11-18-38(42)26-27-55-53;;;;;;;;;;;/h1-2,11-14,17-19,21-27,30-35H,3-4H3;;10*1H/q-1;;;;;;;;;;;. The summed E-state index contributed by atoms with van der Waals surface area (Å²) in [5.41, 5.74) is 14.7. The molecule has 1 radical (unpaired) electrons. The number of aromatic nitrogens is 1. The second-order valence-electron chi connectivity index (χ2n) is 13.7. The van der Waals surface area contributed by atoms with Crippen LogP contribution in [0.1, 0.15) is 47.6 Å². The molecule has 1 heterocycles. The number of fused-ring (bicyclic) bond motifs is 11. The third kappa shape index (κ3) is 6.09. The molecule has 0 aliphatic heterocycles. The predicted octanol–water partition coefficient (Wildman–Crippen LogP) is 12.7. The number of terminal acetylenes is 2. The van der Waals surface area contributed by atoms with Crippen molar-refractivity contribution in [2.75, 3.05) is 0 Å². The number of ether oxygens (including phenoxy) is 2. The first-order valence-corrected chi connectivity index (χ1v) is 18.2. The Morgan fingerprint density at radius 2 is 1.22 bits per heavy atom. The van der Waals surface area contributed by atoms with Gasteiger partial charge in [0.2, 0.25) is 0 Å². The van der Waals surface area contributed by atoms with Gasteiger partial charge < -0.3 is 14.5 Å². The van der Waals surface area contributed by atoms with Crippen LogP contribution >= 0.6 is 0 Å². The van der Waals surface area contributed by atoms with Gasteiger partial charge in [-0.25, -0.2) is 0 Å². The van der Waals surface area contributed by atoms with E-state index in [1.165, 1.54) is 27.8 Å². The van der Waals surface area contributed by atoms with Gasteiger partial charge in [0, 0.05) is 64.3 Å². The molecule has 0 bridgehead atoms. The van der Waals surface area contributed by atoms with Crippen molar-refractivity contribution in [3.8, 4) is 129 Å². The number of benzene rings is 6. The van der Waals surface area contributed by atoms with Crippen LogP contribution in [-0.4, -0.2) is 4.98 Å². The van der Waals surface area contributed by atoms with E-state index in [2.05, 4.69) is 158 Å². The van der Waals surface area contributed by atoms with Crippen molar-refractivity contribution >= 4 is 10.8 Å². The summed E-state index contributed by atoms with van der Waals surface area (Å²) in [5, 5.41) is 2.23. The molecule has 7 aromatic rings. The van der Waals surface area contributed by atoms with Crippen LogP contribution in [0.4, 0.5) is 0 Å². The van der Waals surface area contributed by atoms with Gasteiger partial charge in [-0.3, -0.25) is 0 Å². The zero-order valence-corrected chi connectivity index (χ0v) is 33.7. The maximum atomic E-state index is 6.06. The predicted molar refractivity (Wildman–Crippen MR) is 248 cm³/mol. The largest absolute Gasteiger partial charge is 0.403 e. The van der Waals surface area contributed by atoms with Crippen molar-refractivity contribution in [1.82, 2.24) is 4.98 Å². The Morgan fingerprint density at radius 3 is 2.02 bits per heavy atom. The normalized spacial score (nSPS) is 13.0. The molecule has 0 saturated heterocycles.